The van der Waals surface area contributed by atoms with Crippen LogP contribution in [0.3, 0.4) is 0 Å². The average molecular weight is 559 g/mol. The minimum Gasteiger partial charge on any atom is -0.469 e. The van der Waals surface area contributed by atoms with Crippen LogP contribution >= 0.6 is 35.3 Å². The molecule has 0 radical (unpaired) electrons. The molecular weight excluding hydrogens is 523 g/mol. The number of halogens is 1. The smallest absolute Gasteiger partial charge is 0.191 e. The second-order valence-electron chi connectivity index (χ2n) is 8.26. The highest BCUT2D eigenvalue weighted by Crippen LogP contribution is 2.17. The number of nitrogens with one attached hydrogen (secondary N) is 2. The first-order chi connectivity index (χ1) is 14.8. The SMILES string of the molecule is I.c1coc(CCNC(=NCCc2cccs2)NC2CCN(CC3CCOC3)CC2)c1. The molecule has 2 fully saturated rings. The van der Waals surface area contributed by atoms with Gasteiger partial charge in [-0.2, -0.15) is 0 Å². The molecule has 1 unspecified atom stereocenters. The van der Waals surface area contributed by atoms with E-state index in [-0.39, 0.29) is 24.0 Å². The largest absolute Gasteiger partial charge is 0.469 e. The Labute approximate surface area is 206 Å². The van der Waals surface area contributed by atoms with Gasteiger partial charge in [-0.15, -0.1) is 35.3 Å². The molecule has 2 saturated heterocycles. The zero-order chi connectivity index (χ0) is 20.4. The molecule has 0 bridgehead atoms. The summed E-state index contributed by atoms with van der Waals surface area (Å²) in [5, 5.41) is 9.33. The number of hydrogen-bond donors (Lipinski definition) is 2. The molecule has 172 valence electrons. The van der Waals surface area contributed by atoms with Gasteiger partial charge in [0.1, 0.15) is 5.76 Å². The summed E-state index contributed by atoms with van der Waals surface area (Å²) in [5.41, 5.74) is 0. The Hall–Kier alpha value is -1.10. The van der Waals surface area contributed by atoms with Crippen LogP contribution in [0.15, 0.2) is 45.3 Å². The number of thiophene rings is 1. The van der Waals surface area contributed by atoms with Crippen LogP contribution in [0.5, 0.6) is 0 Å². The van der Waals surface area contributed by atoms with E-state index < -0.39 is 0 Å². The summed E-state index contributed by atoms with van der Waals surface area (Å²) in [6.45, 7) is 7.01. The van der Waals surface area contributed by atoms with Crippen LogP contribution in [-0.2, 0) is 17.6 Å². The summed E-state index contributed by atoms with van der Waals surface area (Å²) in [6.07, 6.45) is 7.13. The lowest BCUT2D eigenvalue weighted by molar-refractivity contribution is 0.150. The summed E-state index contributed by atoms with van der Waals surface area (Å²) >= 11 is 1.80. The van der Waals surface area contributed by atoms with Crippen molar-refractivity contribution < 1.29 is 9.15 Å². The minimum atomic E-state index is 0. The first kappa shape index (κ1) is 24.5. The van der Waals surface area contributed by atoms with Crippen LogP contribution in [0.4, 0.5) is 0 Å². The lowest BCUT2D eigenvalue weighted by atomic mass is 10.0. The fourth-order valence-electron chi connectivity index (χ4n) is 4.19. The molecule has 0 aliphatic carbocycles. The quantitative estimate of drug-likeness (QED) is 0.279. The van der Waals surface area contributed by atoms with Crippen molar-refractivity contribution in [1.82, 2.24) is 15.5 Å². The third-order valence-corrected chi connectivity index (χ3v) is 6.86. The number of hydrogen-bond acceptors (Lipinski definition) is 5. The van der Waals surface area contributed by atoms with Crippen LogP contribution in [0.2, 0.25) is 0 Å². The summed E-state index contributed by atoms with van der Waals surface area (Å²) < 4.78 is 11.0. The highest BCUT2D eigenvalue weighted by atomic mass is 127. The molecule has 2 aromatic heterocycles. The van der Waals surface area contributed by atoms with Crippen LogP contribution in [-0.4, -0.2) is 62.8 Å². The standard InChI is InChI=1S/C23H34N4O2S.HI/c1-3-21(29-14-1)5-10-24-23(25-11-6-22-4-2-16-30-22)26-20-7-12-27(13-8-20)17-19-9-15-28-18-19;/h1-4,14,16,19-20H,5-13,15,17-18H2,(H2,24,25,26);1H. The van der Waals surface area contributed by atoms with Gasteiger partial charge >= 0.3 is 0 Å². The molecule has 4 rings (SSSR count). The number of furan rings is 1. The van der Waals surface area contributed by atoms with Gasteiger partial charge in [0, 0.05) is 63.1 Å². The van der Waals surface area contributed by atoms with Gasteiger partial charge in [0.25, 0.3) is 0 Å². The van der Waals surface area contributed by atoms with Crippen LogP contribution in [0.25, 0.3) is 0 Å². The third kappa shape index (κ3) is 8.40. The Morgan fingerprint density at radius 3 is 2.77 bits per heavy atom. The topological polar surface area (TPSA) is 62.0 Å². The van der Waals surface area contributed by atoms with E-state index in [9.17, 15) is 0 Å². The fourth-order valence-corrected chi connectivity index (χ4v) is 4.89. The molecule has 0 amide bonds. The molecule has 2 aliphatic heterocycles. The molecule has 1 atom stereocenters. The second-order valence-corrected chi connectivity index (χ2v) is 9.30. The van der Waals surface area contributed by atoms with Gasteiger partial charge in [0.15, 0.2) is 5.96 Å². The summed E-state index contributed by atoms with van der Waals surface area (Å²) in [4.78, 5) is 8.85. The predicted octanol–water partition coefficient (Wildman–Crippen LogP) is 3.78. The van der Waals surface area contributed by atoms with Crippen molar-refractivity contribution in [2.75, 3.05) is 45.9 Å². The number of aliphatic imine (C=N–C) groups is 1. The normalized spacial score (nSPS) is 20.5. The Bertz CT molecular complexity index is 740. The Morgan fingerprint density at radius 1 is 1.16 bits per heavy atom. The lowest BCUT2D eigenvalue weighted by Gasteiger charge is -2.34. The first-order valence-electron chi connectivity index (χ1n) is 11.2. The van der Waals surface area contributed by atoms with E-state index in [1.165, 1.54) is 17.8 Å². The molecule has 0 spiro atoms. The molecular formula is C23H35IN4O2S. The van der Waals surface area contributed by atoms with E-state index in [4.69, 9.17) is 14.1 Å². The van der Waals surface area contributed by atoms with Crippen LogP contribution in [0, 0.1) is 5.92 Å². The number of ether oxygens (including phenoxy) is 1. The van der Waals surface area contributed by atoms with Gasteiger partial charge in [-0.05, 0) is 48.8 Å². The van der Waals surface area contributed by atoms with E-state index >= 15 is 0 Å². The van der Waals surface area contributed by atoms with Crippen molar-refractivity contribution in [2.45, 2.75) is 38.1 Å². The van der Waals surface area contributed by atoms with E-state index in [2.05, 4.69) is 33.0 Å². The maximum Gasteiger partial charge on any atom is 0.191 e. The number of guanidine groups is 1. The van der Waals surface area contributed by atoms with Gasteiger partial charge in [0.05, 0.1) is 12.9 Å². The molecule has 31 heavy (non-hydrogen) atoms. The number of rotatable bonds is 9. The molecule has 2 aliphatic rings. The summed E-state index contributed by atoms with van der Waals surface area (Å²) in [6, 6.07) is 8.74. The molecule has 0 aromatic carbocycles. The zero-order valence-corrected chi connectivity index (χ0v) is 21.3. The number of nitrogens with zero attached hydrogens (tertiary/aromatic N) is 2. The summed E-state index contributed by atoms with van der Waals surface area (Å²) in [7, 11) is 0. The highest BCUT2D eigenvalue weighted by molar-refractivity contribution is 14.0. The fraction of sp³-hybridized carbons (Fsp3) is 0.609. The Balaban J connectivity index is 0.00000272. The van der Waals surface area contributed by atoms with E-state index in [0.717, 1.165) is 82.7 Å². The Morgan fingerprint density at radius 2 is 2.06 bits per heavy atom. The molecule has 0 saturated carbocycles. The average Bonchev–Trinajstić information content (AvgIpc) is 3.53. The van der Waals surface area contributed by atoms with E-state index in [1.54, 1.807) is 17.6 Å². The lowest BCUT2D eigenvalue weighted by Crippen LogP contribution is -2.49. The van der Waals surface area contributed by atoms with Crippen molar-refractivity contribution in [2.24, 2.45) is 10.9 Å². The van der Waals surface area contributed by atoms with Crippen molar-refractivity contribution in [3.63, 3.8) is 0 Å². The minimum absolute atomic E-state index is 0. The van der Waals surface area contributed by atoms with E-state index in [0.29, 0.717) is 6.04 Å². The van der Waals surface area contributed by atoms with Gasteiger partial charge in [-0.1, -0.05) is 6.07 Å². The molecule has 2 N–H and O–H groups in total. The summed E-state index contributed by atoms with van der Waals surface area (Å²) in [5.74, 6) is 2.66. The van der Waals surface area contributed by atoms with E-state index in [1.807, 2.05) is 12.1 Å². The molecule has 6 nitrogen and oxygen atoms in total. The molecule has 8 heteroatoms. The predicted molar refractivity (Wildman–Crippen MR) is 138 cm³/mol. The third-order valence-electron chi connectivity index (χ3n) is 5.92. The monoisotopic (exact) mass is 558 g/mol. The van der Waals surface area contributed by atoms with Crippen molar-refractivity contribution >= 4 is 41.3 Å². The second kappa shape index (κ2) is 13.4. The van der Waals surface area contributed by atoms with Crippen LogP contribution in [0.1, 0.15) is 29.9 Å². The number of likely N-dealkylation sites (tertiary alicyclic amines) is 1. The maximum absolute atomic E-state index is 5.53. The van der Waals surface area contributed by atoms with Crippen molar-refractivity contribution in [3.05, 3.63) is 46.5 Å². The Kier molecular flexibility index (Phi) is 10.6. The zero-order valence-electron chi connectivity index (χ0n) is 18.1. The van der Waals surface area contributed by atoms with Crippen molar-refractivity contribution in [3.8, 4) is 0 Å². The maximum atomic E-state index is 5.53. The molecule has 4 heterocycles. The van der Waals surface area contributed by atoms with Crippen molar-refractivity contribution in [1.29, 1.82) is 0 Å². The highest BCUT2D eigenvalue weighted by Gasteiger charge is 2.24. The molecule has 2 aromatic rings. The van der Waals surface area contributed by atoms with Gasteiger partial charge < -0.3 is 24.7 Å². The number of piperidine rings is 1. The van der Waals surface area contributed by atoms with Gasteiger partial charge in [-0.3, -0.25) is 4.99 Å². The first-order valence-corrected chi connectivity index (χ1v) is 12.1. The van der Waals surface area contributed by atoms with Gasteiger partial charge in [0.2, 0.25) is 0 Å². The van der Waals surface area contributed by atoms with Crippen LogP contribution < -0.4 is 10.6 Å². The van der Waals surface area contributed by atoms with Gasteiger partial charge in [-0.25, -0.2) is 0 Å².